The van der Waals surface area contributed by atoms with E-state index in [4.69, 9.17) is 4.74 Å². The number of benzene rings is 3. The molecule has 2 amide bonds. The lowest BCUT2D eigenvalue weighted by Crippen LogP contribution is -2.35. The average Bonchev–Trinajstić information content (AvgIpc) is 3.09. The number of hydrogen-bond donors (Lipinski definition) is 1. The number of esters is 1. The second-order valence-electron chi connectivity index (χ2n) is 6.71. The van der Waals surface area contributed by atoms with Crippen LogP contribution in [0.4, 0.5) is 11.4 Å². The number of carbonyl (C=O) groups is 3. The molecule has 0 aliphatic carbocycles. The zero-order valence-corrected chi connectivity index (χ0v) is 16.4. The Balaban J connectivity index is 1.71. The first kappa shape index (κ1) is 20.5. The second-order valence-corrected chi connectivity index (χ2v) is 6.71. The summed E-state index contributed by atoms with van der Waals surface area (Å²) >= 11 is 0. The number of nitro benzene ring substituents is 1. The normalized spacial score (nSPS) is 14.4. The minimum atomic E-state index is -0.689. The van der Waals surface area contributed by atoms with Gasteiger partial charge in [-0.3, -0.25) is 25.1 Å². The minimum absolute atomic E-state index is 0.0317. The first-order chi connectivity index (χ1) is 15.4. The summed E-state index contributed by atoms with van der Waals surface area (Å²) in [5, 5.41) is 12.3. The Morgan fingerprint density at radius 2 is 1.62 bits per heavy atom. The summed E-state index contributed by atoms with van der Waals surface area (Å²) in [5.74, 6) is -2.05. The van der Waals surface area contributed by atoms with Crippen molar-refractivity contribution in [2.45, 2.75) is 0 Å². The fourth-order valence-electron chi connectivity index (χ4n) is 3.06. The lowest BCUT2D eigenvalue weighted by Gasteiger charge is -2.13. The van der Waals surface area contributed by atoms with E-state index in [1.54, 1.807) is 60.7 Å². The summed E-state index contributed by atoms with van der Waals surface area (Å²) in [6.07, 6.45) is 1.17. The van der Waals surface area contributed by atoms with Crippen molar-refractivity contribution in [1.82, 2.24) is 5.43 Å². The van der Waals surface area contributed by atoms with Crippen molar-refractivity contribution in [2.75, 3.05) is 5.01 Å². The van der Waals surface area contributed by atoms with Crippen LogP contribution in [0, 0.1) is 10.1 Å². The molecular formula is C23H15N3O6. The number of nitrogens with zero attached hydrogens (tertiary/aromatic N) is 2. The van der Waals surface area contributed by atoms with Crippen LogP contribution in [-0.4, -0.2) is 22.7 Å². The van der Waals surface area contributed by atoms with Crippen LogP contribution in [0.5, 0.6) is 5.75 Å². The molecule has 4 rings (SSSR count). The van der Waals surface area contributed by atoms with Gasteiger partial charge in [-0.1, -0.05) is 36.4 Å². The van der Waals surface area contributed by atoms with Crippen molar-refractivity contribution < 1.29 is 24.0 Å². The highest BCUT2D eigenvalue weighted by Crippen LogP contribution is 2.29. The van der Waals surface area contributed by atoms with Gasteiger partial charge in [-0.15, -0.1) is 0 Å². The maximum atomic E-state index is 12.8. The number of para-hydroxylation sites is 1. The van der Waals surface area contributed by atoms with Crippen molar-refractivity contribution in [3.8, 4) is 5.75 Å². The van der Waals surface area contributed by atoms with E-state index in [1.165, 1.54) is 18.2 Å². The topological polar surface area (TPSA) is 119 Å². The Hall–Kier alpha value is -4.79. The van der Waals surface area contributed by atoms with Crippen molar-refractivity contribution in [3.63, 3.8) is 0 Å². The molecule has 9 heteroatoms. The van der Waals surface area contributed by atoms with Crippen LogP contribution in [0.15, 0.2) is 84.4 Å². The maximum absolute atomic E-state index is 12.8. The van der Waals surface area contributed by atoms with E-state index in [2.05, 4.69) is 5.43 Å². The molecule has 1 heterocycles. The van der Waals surface area contributed by atoms with Gasteiger partial charge in [-0.2, -0.15) is 0 Å². The Morgan fingerprint density at radius 3 is 2.28 bits per heavy atom. The third-order valence-corrected chi connectivity index (χ3v) is 4.62. The molecule has 0 bridgehead atoms. The molecule has 0 radical (unpaired) electrons. The molecule has 0 aromatic heterocycles. The molecule has 9 nitrogen and oxygen atoms in total. The van der Waals surface area contributed by atoms with Crippen molar-refractivity contribution in [3.05, 3.63) is 106 Å². The quantitative estimate of drug-likeness (QED) is 0.166. The summed E-state index contributed by atoms with van der Waals surface area (Å²) < 4.78 is 5.40. The first-order valence-electron chi connectivity index (χ1n) is 9.42. The third-order valence-electron chi connectivity index (χ3n) is 4.62. The summed E-state index contributed by atoms with van der Waals surface area (Å²) in [4.78, 5) is 48.4. The number of hydrogen-bond acceptors (Lipinski definition) is 6. The van der Waals surface area contributed by atoms with Gasteiger partial charge in [0.1, 0.15) is 11.3 Å². The molecule has 1 saturated heterocycles. The Bertz CT molecular complexity index is 1260. The van der Waals surface area contributed by atoms with Gasteiger partial charge in [0.25, 0.3) is 17.5 Å². The Labute approximate surface area is 181 Å². The van der Waals surface area contributed by atoms with Crippen molar-refractivity contribution in [2.24, 2.45) is 0 Å². The van der Waals surface area contributed by atoms with Crippen LogP contribution in [0.1, 0.15) is 15.9 Å². The lowest BCUT2D eigenvalue weighted by molar-refractivity contribution is -0.384. The van der Waals surface area contributed by atoms with Crippen molar-refractivity contribution in [1.29, 1.82) is 0 Å². The number of rotatable bonds is 5. The van der Waals surface area contributed by atoms with Gasteiger partial charge in [-0.05, 0) is 36.4 Å². The van der Waals surface area contributed by atoms with E-state index in [-0.39, 0.29) is 28.1 Å². The molecule has 0 spiro atoms. The van der Waals surface area contributed by atoms with Gasteiger partial charge >= 0.3 is 5.97 Å². The molecule has 1 N–H and O–H groups in total. The number of non-ortho nitro benzene ring substituents is 1. The molecule has 3 aromatic rings. The van der Waals surface area contributed by atoms with Crippen LogP contribution in [-0.2, 0) is 9.59 Å². The summed E-state index contributed by atoms with van der Waals surface area (Å²) in [5.41, 5.74) is 2.66. The monoisotopic (exact) mass is 429 g/mol. The number of nitrogens with one attached hydrogen (secondary N) is 1. The second kappa shape index (κ2) is 8.52. The number of ether oxygens (including phenoxy) is 1. The molecule has 158 valence electrons. The zero-order chi connectivity index (χ0) is 22.7. The summed E-state index contributed by atoms with van der Waals surface area (Å²) in [6.45, 7) is 0. The van der Waals surface area contributed by atoms with Gasteiger partial charge in [0.15, 0.2) is 0 Å². The van der Waals surface area contributed by atoms with Crippen LogP contribution < -0.4 is 15.2 Å². The number of nitro groups is 1. The molecular weight excluding hydrogens is 414 g/mol. The molecule has 0 atom stereocenters. The number of carbonyl (C=O) groups excluding carboxylic acids is 3. The lowest BCUT2D eigenvalue weighted by atomic mass is 10.1. The highest BCUT2D eigenvalue weighted by molar-refractivity contribution is 6.31. The highest BCUT2D eigenvalue weighted by atomic mass is 16.6. The number of hydrazine groups is 1. The number of amides is 2. The standard InChI is InChI=1S/C23H15N3O6/c27-21-19(22(28)25(24-21)17-9-5-2-6-10-17)14-16-13-18(26(30)31)11-12-20(16)32-23(29)15-7-3-1-4-8-15/h1-14H,(H,24,27)/b19-14-. The van der Waals surface area contributed by atoms with E-state index in [0.29, 0.717) is 5.69 Å². The Morgan fingerprint density at radius 1 is 0.969 bits per heavy atom. The van der Waals surface area contributed by atoms with Gasteiger partial charge in [0.05, 0.1) is 16.2 Å². The minimum Gasteiger partial charge on any atom is -0.422 e. The van der Waals surface area contributed by atoms with Crippen LogP contribution in [0.3, 0.4) is 0 Å². The van der Waals surface area contributed by atoms with Crippen LogP contribution in [0.2, 0.25) is 0 Å². The molecule has 1 aliphatic rings. The molecule has 1 aliphatic heterocycles. The molecule has 32 heavy (non-hydrogen) atoms. The smallest absolute Gasteiger partial charge is 0.343 e. The third kappa shape index (κ3) is 4.08. The van der Waals surface area contributed by atoms with Gasteiger partial charge < -0.3 is 4.74 Å². The van der Waals surface area contributed by atoms with Gasteiger partial charge in [0.2, 0.25) is 0 Å². The highest BCUT2D eigenvalue weighted by Gasteiger charge is 2.34. The van der Waals surface area contributed by atoms with E-state index in [1.807, 2.05) is 0 Å². The fraction of sp³-hybridized carbons (Fsp3) is 0. The predicted molar refractivity (Wildman–Crippen MR) is 115 cm³/mol. The van der Waals surface area contributed by atoms with Crippen LogP contribution in [0.25, 0.3) is 6.08 Å². The van der Waals surface area contributed by atoms with E-state index < -0.39 is 22.7 Å². The summed E-state index contributed by atoms with van der Waals surface area (Å²) in [6, 6.07) is 20.2. The van der Waals surface area contributed by atoms with Crippen LogP contribution >= 0.6 is 0 Å². The largest absolute Gasteiger partial charge is 0.422 e. The van der Waals surface area contributed by atoms with Crippen molar-refractivity contribution >= 4 is 35.2 Å². The van der Waals surface area contributed by atoms with E-state index in [9.17, 15) is 24.5 Å². The zero-order valence-electron chi connectivity index (χ0n) is 16.4. The van der Waals surface area contributed by atoms with Gasteiger partial charge in [-0.25, -0.2) is 9.80 Å². The maximum Gasteiger partial charge on any atom is 0.343 e. The SMILES string of the molecule is O=C1NN(c2ccccc2)C(=O)/C1=C\c1cc([N+](=O)[O-])ccc1OC(=O)c1ccccc1. The molecule has 3 aromatic carbocycles. The summed E-state index contributed by atoms with van der Waals surface area (Å²) in [7, 11) is 0. The average molecular weight is 429 g/mol. The molecule has 0 saturated carbocycles. The Kier molecular flexibility index (Phi) is 5.45. The molecule has 0 unspecified atom stereocenters. The van der Waals surface area contributed by atoms with E-state index in [0.717, 1.165) is 11.1 Å². The van der Waals surface area contributed by atoms with Gasteiger partial charge in [0, 0.05) is 17.7 Å². The fourth-order valence-corrected chi connectivity index (χ4v) is 3.06. The number of anilines is 1. The molecule has 1 fully saturated rings. The predicted octanol–water partition coefficient (Wildman–Crippen LogP) is 3.28. The first-order valence-corrected chi connectivity index (χ1v) is 9.42. The van der Waals surface area contributed by atoms with E-state index >= 15 is 0 Å².